The van der Waals surface area contributed by atoms with Gasteiger partial charge in [-0.2, -0.15) is 0 Å². The Balaban J connectivity index is 2.12. The molecule has 0 aromatic rings. The number of rotatable bonds is 0. The molecule has 0 bridgehead atoms. The summed E-state index contributed by atoms with van der Waals surface area (Å²) in [5, 5.41) is 0. The lowest BCUT2D eigenvalue weighted by Crippen LogP contribution is -2.37. The molecule has 0 saturated heterocycles. The molecule has 1 heteroatoms. The fraction of sp³-hybridized carbons (Fsp3) is 0.933. The Morgan fingerprint density at radius 3 is 2.19 bits per heavy atom. The van der Waals surface area contributed by atoms with E-state index < -0.39 is 0 Å². The van der Waals surface area contributed by atoms with Gasteiger partial charge in [0.15, 0.2) is 0 Å². The lowest BCUT2D eigenvalue weighted by atomic mass is 9.68. The fourth-order valence-corrected chi connectivity index (χ4v) is 3.51. The van der Waals surface area contributed by atoms with Gasteiger partial charge in [-0.1, -0.05) is 40.5 Å². The van der Waals surface area contributed by atoms with Crippen LogP contribution in [0.25, 0.3) is 0 Å². The second kappa shape index (κ2) is 3.85. The van der Waals surface area contributed by atoms with E-state index in [1.807, 2.05) is 0 Å². The van der Waals surface area contributed by atoms with Crippen LogP contribution in [0.2, 0.25) is 0 Å². The molecule has 16 heavy (non-hydrogen) atoms. The van der Waals surface area contributed by atoms with Crippen molar-refractivity contribution in [2.75, 3.05) is 0 Å². The lowest BCUT2D eigenvalue weighted by molar-refractivity contribution is -0.136. The number of hydrogen-bond acceptors (Lipinski definition) is 1. The van der Waals surface area contributed by atoms with Gasteiger partial charge in [-0.15, -0.1) is 0 Å². The summed E-state index contributed by atoms with van der Waals surface area (Å²) in [7, 11) is 0. The Kier molecular flexibility index (Phi) is 2.92. The molecule has 2 fully saturated rings. The van der Waals surface area contributed by atoms with E-state index >= 15 is 0 Å². The van der Waals surface area contributed by atoms with Gasteiger partial charge >= 0.3 is 0 Å². The van der Waals surface area contributed by atoms with Crippen molar-refractivity contribution in [1.82, 2.24) is 0 Å². The Labute approximate surface area is 100.0 Å². The van der Waals surface area contributed by atoms with Gasteiger partial charge in [0.05, 0.1) is 0 Å². The number of carbonyl (C=O) groups excluding carboxylic acids is 1. The summed E-state index contributed by atoms with van der Waals surface area (Å²) in [6, 6.07) is 0. The molecule has 0 aliphatic heterocycles. The van der Waals surface area contributed by atoms with E-state index in [-0.39, 0.29) is 10.8 Å². The summed E-state index contributed by atoms with van der Waals surface area (Å²) < 4.78 is 0. The highest BCUT2D eigenvalue weighted by Gasteiger charge is 2.43. The molecule has 2 rings (SSSR count). The third-order valence-electron chi connectivity index (χ3n) is 4.82. The summed E-state index contributed by atoms with van der Waals surface area (Å²) in [5.41, 5.74) is -0.209. The van der Waals surface area contributed by atoms with Crippen LogP contribution in [0.4, 0.5) is 0 Å². The fourth-order valence-electron chi connectivity index (χ4n) is 3.51. The van der Waals surface area contributed by atoms with E-state index in [1.165, 1.54) is 25.7 Å². The van der Waals surface area contributed by atoms with Crippen molar-refractivity contribution in [2.24, 2.45) is 22.7 Å². The van der Waals surface area contributed by atoms with Crippen LogP contribution >= 0.6 is 0 Å². The summed E-state index contributed by atoms with van der Waals surface area (Å²) in [5.74, 6) is 2.44. The first-order valence-corrected chi connectivity index (χ1v) is 6.88. The molecule has 0 N–H and O–H groups in total. The lowest BCUT2D eigenvalue weighted by Gasteiger charge is -2.34. The number of Topliss-reactive ketones (excluding diaryl/α,β-unsaturated/α-hetero) is 1. The van der Waals surface area contributed by atoms with Crippen LogP contribution in [0.3, 0.4) is 0 Å². The number of ketones is 1. The van der Waals surface area contributed by atoms with Crippen LogP contribution in [0, 0.1) is 22.7 Å². The normalized spacial score (nSPS) is 37.6. The van der Waals surface area contributed by atoms with Gasteiger partial charge in [-0.3, -0.25) is 4.79 Å². The average molecular weight is 222 g/mol. The minimum atomic E-state index is -0.106. The van der Waals surface area contributed by atoms with E-state index in [9.17, 15) is 4.79 Å². The molecule has 0 aromatic carbocycles. The maximum atomic E-state index is 12.5. The summed E-state index contributed by atoms with van der Waals surface area (Å²) in [6.07, 6.45) is 7.50. The van der Waals surface area contributed by atoms with Crippen molar-refractivity contribution in [3.05, 3.63) is 0 Å². The summed E-state index contributed by atoms with van der Waals surface area (Å²) in [6.45, 7) is 8.58. The van der Waals surface area contributed by atoms with Crippen LogP contribution in [0.1, 0.15) is 66.2 Å². The van der Waals surface area contributed by atoms with Gasteiger partial charge in [-0.05, 0) is 37.5 Å². The smallest absolute Gasteiger partial charge is 0.144 e. The zero-order valence-corrected chi connectivity index (χ0v) is 11.3. The summed E-state index contributed by atoms with van der Waals surface area (Å²) >= 11 is 0. The first-order valence-electron chi connectivity index (χ1n) is 6.88. The van der Waals surface area contributed by atoms with Gasteiger partial charge in [-0.25, -0.2) is 0 Å². The predicted molar refractivity (Wildman–Crippen MR) is 67.3 cm³/mol. The van der Waals surface area contributed by atoms with Crippen molar-refractivity contribution in [2.45, 2.75) is 66.2 Å². The maximum Gasteiger partial charge on any atom is 0.144 e. The number of carbonyl (C=O) groups is 1. The molecule has 2 aliphatic rings. The molecule has 2 atom stereocenters. The van der Waals surface area contributed by atoms with Crippen molar-refractivity contribution in [1.29, 1.82) is 0 Å². The average Bonchev–Trinajstić information content (AvgIpc) is 2.91. The SMILES string of the molecule is CC1(C)CCC[C@H]2C[C@H]2CCC(C)(C)C1=O. The molecular formula is C15H26O. The molecule has 0 radical (unpaired) electrons. The standard InChI is InChI=1S/C15H26O/c1-14(2)8-5-6-11-10-12(11)7-9-15(3,4)13(14)16/h11-12H,5-10H2,1-4H3/t11-,12+/m0/s1. The van der Waals surface area contributed by atoms with Gasteiger partial charge in [0.2, 0.25) is 0 Å². The van der Waals surface area contributed by atoms with Gasteiger partial charge in [0.25, 0.3) is 0 Å². The molecule has 0 amide bonds. The molecular weight excluding hydrogens is 196 g/mol. The molecule has 2 aliphatic carbocycles. The Morgan fingerprint density at radius 2 is 1.50 bits per heavy atom. The van der Waals surface area contributed by atoms with Crippen molar-refractivity contribution in [3.8, 4) is 0 Å². The summed E-state index contributed by atoms with van der Waals surface area (Å²) in [4.78, 5) is 12.5. The third kappa shape index (κ3) is 2.33. The zero-order chi connectivity index (χ0) is 12.0. The van der Waals surface area contributed by atoms with E-state index in [2.05, 4.69) is 27.7 Å². The van der Waals surface area contributed by atoms with Gasteiger partial charge in [0.1, 0.15) is 5.78 Å². The van der Waals surface area contributed by atoms with Crippen molar-refractivity contribution in [3.63, 3.8) is 0 Å². The quantitative estimate of drug-likeness (QED) is 0.600. The molecule has 2 saturated carbocycles. The van der Waals surface area contributed by atoms with E-state index in [0.29, 0.717) is 5.78 Å². The Morgan fingerprint density at radius 1 is 0.938 bits per heavy atom. The monoisotopic (exact) mass is 222 g/mol. The largest absolute Gasteiger partial charge is 0.299 e. The molecule has 0 spiro atoms. The first-order chi connectivity index (χ1) is 7.33. The highest BCUT2D eigenvalue weighted by Crippen LogP contribution is 2.49. The van der Waals surface area contributed by atoms with Crippen LogP contribution < -0.4 is 0 Å². The van der Waals surface area contributed by atoms with Crippen LogP contribution in [-0.4, -0.2) is 5.78 Å². The predicted octanol–water partition coefficient (Wildman–Crippen LogP) is 4.21. The Bertz CT molecular complexity index is 288. The van der Waals surface area contributed by atoms with E-state index in [0.717, 1.165) is 24.7 Å². The topological polar surface area (TPSA) is 17.1 Å². The van der Waals surface area contributed by atoms with E-state index in [4.69, 9.17) is 0 Å². The molecule has 0 unspecified atom stereocenters. The second-order valence-electron chi connectivity index (χ2n) is 7.28. The Hall–Kier alpha value is -0.330. The highest BCUT2D eigenvalue weighted by atomic mass is 16.1. The number of hydrogen-bond donors (Lipinski definition) is 0. The molecule has 0 heterocycles. The minimum Gasteiger partial charge on any atom is -0.299 e. The molecule has 0 aromatic heterocycles. The van der Waals surface area contributed by atoms with Gasteiger partial charge in [0, 0.05) is 10.8 Å². The molecule has 92 valence electrons. The minimum absolute atomic E-state index is 0.103. The van der Waals surface area contributed by atoms with Crippen LogP contribution in [0.5, 0.6) is 0 Å². The van der Waals surface area contributed by atoms with Crippen molar-refractivity contribution >= 4 is 5.78 Å². The van der Waals surface area contributed by atoms with Crippen LogP contribution in [0.15, 0.2) is 0 Å². The number of fused-ring (bicyclic) bond motifs is 1. The van der Waals surface area contributed by atoms with Crippen LogP contribution in [-0.2, 0) is 4.79 Å². The first kappa shape index (κ1) is 12.1. The molecule has 1 nitrogen and oxygen atoms in total. The van der Waals surface area contributed by atoms with Crippen molar-refractivity contribution < 1.29 is 4.79 Å². The third-order valence-corrected chi connectivity index (χ3v) is 4.82. The van der Waals surface area contributed by atoms with E-state index in [1.54, 1.807) is 0 Å². The second-order valence-corrected chi connectivity index (χ2v) is 7.28. The zero-order valence-electron chi connectivity index (χ0n) is 11.3. The maximum absolute atomic E-state index is 12.5. The van der Waals surface area contributed by atoms with Gasteiger partial charge < -0.3 is 0 Å². The highest BCUT2D eigenvalue weighted by molar-refractivity contribution is 5.89.